The minimum atomic E-state index is -4.81. The first-order valence-corrected chi connectivity index (χ1v) is 16.8. The molecule has 5 heterocycles. The van der Waals surface area contributed by atoms with E-state index in [0.29, 0.717) is 44.1 Å². The zero-order valence-corrected chi connectivity index (χ0v) is 27.6. The molecule has 0 saturated carbocycles. The van der Waals surface area contributed by atoms with Crippen molar-refractivity contribution in [2.75, 3.05) is 56.6 Å². The van der Waals surface area contributed by atoms with Crippen molar-refractivity contribution in [3.05, 3.63) is 58.9 Å². The Labute approximate surface area is 277 Å². The summed E-state index contributed by atoms with van der Waals surface area (Å²) in [6.45, 7) is 10.8. The summed E-state index contributed by atoms with van der Waals surface area (Å²) in [5.74, 6) is -0.359. The molecule has 7 rings (SSSR count). The summed E-state index contributed by atoms with van der Waals surface area (Å²) in [4.78, 5) is 37.2. The number of hydrogen-bond acceptors (Lipinski definition) is 8. The fourth-order valence-electron chi connectivity index (χ4n) is 7.32. The van der Waals surface area contributed by atoms with E-state index >= 15 is 13.2 Å². The van der Waals surface area contributed by atoms with Crippen LogP contribution in [0.15, 0.2) is 46.7 Å². The summed E-state index contributed by atoms with van der Waals surface area (Å²) >= 11 is 1.27. The minimum Gasteiger partial charge on any atom is -0.379 e. The van der Waals surface area contributed by atoms with E-state index in [9.17, 15) is 14.0 Å². The van der Waals surface area contributed by atoms with Crippen LogP contribution in [-0.4, -0.2) is 98.8 Å². The number of morpholine rings is 1. The van der Waals surface area contributed by atoms with Gasteiger partial charge in [-0.15, -0.1) is 11.8 Å². The highest BCUT2D eigenvalue weighted by molar-refractivity contribution is 7.99. The molecule has 0 N–H and O–H groups in total. The number of hydrogen-bond donors (Lipinski definition) is 0. The predicted octanol–water partition coefficient (Wildman–Crippen LogP) is 4.70. The van der Waals surface area contributed by atoms with Crippen molar-refractivity contribution < 1.29 is 27.1 Å². The molecule has 3 aliphatic heterocycles. The van der Waals surface area contributed by atoms with E-state index in [0.717, 1.165) is 12.1 Å². The van der Waals surface area contributed by atoms with Crippen molar-refractivity contribution in [1.29, 1.82) is 0 Å². The number of thioether (sulfide) groups is 1. The quantitative estimate of drug-likeness (QED) is 0.221. The molecule has 254 valence electrons. The summed E-state index contributed by atoms with van der Waals surface area (Å²) in [6, 6.07) is 2.55. The van der Waals surface area contributed by atoms with E-state index in [4.69, 9.17) is 4.74 Å². The molecule has 10 nitrogen and oxygen atoms in total. The number of carbonyl (C=O) groups is 1. The van der Waals surface area contributed by atoms with Gasteiger partial charge in [0.15, 0.2) is 0 Å². The lowest BCUT2D eigenvalue weighted by molar-refractivity contribution is -0.137. The first-order chi connectivity index (χ1) is 22.9. The van der Waals surface area contributed by atoms with Gasteiger partial charge in [-0.3, -0.25) is 18.9 Å². The van der Waals surface area contributed by atoms with Gasteiger partial charge in [0.25, 0.3) is 0 Å². The van der Waals surface area contributed by atoms with Crippen LogP contribution in [0.2, 0.25) is 0 Å². The Balaban J connectivity index is 1.52. The molecule has 2 saturated heterocycles. The standard InChI is InChI=1S/C33H35F4N7O3S/c1-5-26(45)42-14-19(3)43(15-18(42)2)31-22-12-24(33(35,36)37)27(21-6-7-25(34)23-13-38-40(4)28(21)23)30-29(22)44(32(46)39-31)20(17-48-30)16-41-8-10-47-11-9-41/h5-7,12-13,18-20H,1,8-11,14-17H2,2-4H3/t18-,19+,20?/m1/s1. The summed E-state index contributed by atoms with van der Waals surface area (Å²) in [5.41, 5.74) is -0.825. The number of aromatic nitrogens is 4. The van der Waals surface area contributed by atoms with Gasteiger partial charge in [-0.1, -0.05) is 6.58 Å². The molecule has 1 unspecified atom stereocenters. The third-order valence-electron chi connectivity index (χ3n) is 9.64. The van der Waals surface area contributed by atoms with Crippen LogP contribution in [-0.2, 0) is 22.8 Å². The molecule has 0 bridgehead atoms. The van der Waals surface area contributed by atoms with Gasteiger partial charge in [0.2, 0.25) is 5.91 Å². The van der Waals surface area contributed by atoms with Crippen molar-refractivity contribution in [1.82, 2.24) is 29.1 Å². The molecule has 0 aliphatic carbocycles. The first-order valence-electron chi connectivity index (χ1n) is 15.8. The molecule has 3 atom stereocenters. The average molecular weight is 686 g/mol. The third-order valence-corrected chi connectivity index (χ3v) is 10.9. The van der Waals surface area contributed by atoms with Crippen LogP contribution in [0.25, 0.3) is 32.9 Å². The van der Waals surface area contributed by atoms with Gasteiger partial charge >= 0.3 is 11.9 Å². The second-order valence-corrected chi connectivity index (χ2v) is 13.7. The predicted molar refractivity (Wildman–Crippen MR) is 176 cm³/mol. The normalized spacial score (nSPS) is 22.1. The van der Waals surface area contributed by atoms with Crippen molar-refractivity contribution >= 4 is 45.3 Å². The maximum Gasteiger partial charge on any atom is 0.417 e. The molecule has 0 spiro atoms. The van der Waals surface area contributed by atoms with Gasteiger partial charge in [0.1, 0.15) is 11.6 Å². The number of amides is 1. The van der Waals surface area contributed by atoms with Gasteiger partial charge in [-0.05, 0) is 38.1 Å². The van der Waals surface area contributed by atoms with E-state index in [1.165, 1.54) is 34.8 Å². The van der Waals surface area contributed by atoms with Gasteiger partial charge < -0.3 is 14.5 Å². The van der Waals surface area contributed by atoms with Crippen molar-refractivity contribution in [3.8, 4) is 11.1 Å². The SMILES string of the molecule is C=CC(=O)N1C[C@H](C)N(c2nc(=O)n3c4c(c(-c5ccc(F)c6cnn(C)c56)c(C(F)(F)F)cc24)SCC3CN2CCOCC2)C[C@H]1C. The molecule has 48 heavy (non-hydrogen) atoms. The van der Waals surface area contributed by atoms with Gasteiger partial charge in [0.05, 0.1) is 47.4 Å². The highest BCUT2D eigenvalue weighted by atomic mass is 32.2. The van der Waals surface area contributed by atoms with E-state index in [2.05, 4.69) is 21.6 Å². The Morgan fingerprint density at radius 2 is 1.88 bits per heavy atom. The van der Waals surface area contributed by atoms with Crippen molar-refractivity contribution in [2.45, 2.75) is 43.0 Å². The molecule has 0 radical (unpaired) electrons. The van der Waals surface area contributed by atoms with Gasteiger partial charge in [-0.2, -0.15) is 23.3 Å². The van der Waals surface area contributed by atoms with E-state index in [1.54, 1.807) is 16.5 Å². The second-order valence-electron chi connectivity index (χ2n) is 12.7. The maximum absolute atomic E-state index is 15.3. The number of ether oxygens (including phenoxy) is 1. The molecule has 3 aliphatic rings. The van der Waals surface area contributed by atoms with E-state index in [-0.39, 0.29) is 75.3 Å². The fourth-order valence-corrected chi connectivity index (χ4v) is 8.64. The smallest absolute Gasteiger partial charge is 0.379 e. The highest BCUT2D eigenvalue weighted by Crippen LogP contribution is 2.51. The summed E-state index contributed by atoms with van der Waals surface area (Å²) in [7, 11) is 1.56. The zero-order valence-electron chi connectivity index (χ0n) is 26.8. The fraction of sp³-hybridized carbons (Fsp3) is 0.455. The number of nitrogens with zero attached hydrogens (tertiary/aromatic N) is 7. The van der Waals surface area contributed by atoms with Crippen LogP contribution in [0, 0.1) is 5.82 Å². The van der Waals surface area contributed by atoms with Crippen molar-refractivity contribution in [3.63, 3.8) is 0 Å². The first kappa shape index (κ1) is 32.6. The van der Waals surface area contributed by atoms with Crippen molar-refractivity contribution in [2.24, 2.45) is 7.05 Å². The zero-order chi connectivity index (χ0) is 34.1. The van der Waals surface area contributed by atoms with Crippen LogP contribution in [0.4, 0.5) is 23.4 Å². The molecule has 2 fully saturated rings. The summed E-state index contributed by atoms with van der Waals surface area (Å²) < 4.78 is 69.2. The van der Waals surface area contributed by atoms with Gasteiger partial charge in [0, 0.05) is 79.0 Å². The molecule has 15 heteroatoms. The molecule has 2 aromatic heterocycles. The minimum absolute atomic E-state index is 0.101. The second kappa shape index (κ2) is 12.2. The number of rotatable bonds is 5. The van der Waals surface area contributed by atoms with E-state index in [1.807, 2.05) is 18.7 Å². The molecular formula is C33H35F4N7O3S. The van der Waals surface area contributed by atoms with E-state index < -0.39 is 23.2 Å². The Morgan fingerprint density at radius 1 is 1.12 bits per heavy atom. The lowest BCUT2D eigenvalue weighted by atomic mass is 9.94. The number of aryl methyl sites for hydroxylation is 1. The maximum atomic E-state index is 15.3. The monoisotopic (exact) mass is 685 g/mol. The molecular weight excluding hydrogens is 650 g/mol. The lowest BCUT2D eigenvalue weighted by Crippen LogP contribution is -2.58. The Hall–Kier alpha value is -3.95. The number of alkyl halides is 3. The number of carbonyl (C=O) groups excluding carboxylic acids is 1. The molecule has 1 amide bonds. The Morgan fingerprint density at radius 3 is 2.58 bits per heavy atom. The average Bonchev–Trinajstić information content (AvgIpc) is 3.46. The van der Waals surface area contributed by atoms with Crippen LogP contribution in [0.5, 0.6) is 0 Å². The summed E-state index contributed by atoms with van der Waals surface area (Å²) in [6.07, 6.45) is -2.27. The van der Waals surface area contributed by atoms with Crippen LogP contribution in [0.1, 0.15) is 25.5 Å². The molecule has 4 aromatic rings. The lowest BCUT2D eigenvalue weighted by Gasteiger charge is -2.45. The van der Waals surface area contributed by atoms with Crippen LogP contribution >= 0.6 is 11.8 Å². The number of halogens is 4. The Kier molecular flexibility index (Phi) is 8.27. The molecule has 2 aromatic carbocycles. The van der Waals surface area contributed by atoms with Crippen LogP contribution < -0.4 is 10.6 Å². The number of benzene rings is 2. The largest absolute Gasteiger partial charge is 0.417 e. The number of fused-ring (bicyclic) bond motifs is 1. The topological polar surface area (TPSA) is 88.7 Å². The van der Waals surface area contributed by atoms with Crippen LogP contribution in [0.3, 0.4) is 0 Å². The summed E-state index contributed by atoms with van der Waals surface area (Å²) in [5, 5.41) is 4.46. The highest BCUT2D eigenvalue weighted by Gasteiger charge is 2.41. The number of piperazine rings is 1. The van der Waals surface area contributed by atoms with Gasteiger partial charge in [-0.25, -0.2) is 9.18 Å². The number of anilines is 1. The Bertz CT molecular complexity index is 2010. The third kappa shape index (κ3) is 5.35.